The lowest BCUT2D eigenvalue weighted by Gasteiger charge is -2.34. The van der Waals surface area contributed by atoms with E-state index in [1.54, 1.807) is 36.4 Å². The molecular weight excluding hydrogens is 570 g/mol. The van der Waals surface area contributed by atoms with Gasteiger partial charge in [0.2, 0.25) is 11.8 Å². The molecule has 230 valence electrons. The second-order valence-corrected chi connectivity index (χ2v) is 13.4. The van der Waals surface area contributed by atoms with Crippen LogP contribution in [-0.2, 0) is 32.6 Å². The maximum Gasteiger partial charge on any atom is 0.264 e. The number of hydrogen-bond acceptors (Lipinski definition) is 4. The average Bonchev–Trinajstić information content (AvgIpc) is 3.01. The smallest absolute Gasteiger partial charge is 0.264 e. The fourth-order valence-corrected chi connectivity index (χ4v) is 6.44. The van der Waals surface area contributed by atoms with Crippen molar-refractivity contribution < 1.29 is 18.0 Å². The zero-order valence-electron chi connectivity index (χ0n) is 25.8. The standard InChI is InChI=1S/C36H41N3O4S/c1-27(2)24-37-36(41)34(23-30-15-7-5-8-16-30)38(25-31-17-11-13-28(3)21-31)35(40)26-39(32-18-12-14-29(4)22-32)44(42,43)33-19-9-6-10-20-33/h5-22,27,34H,23-26H2,1-4H3,(H,37,41)/t34-/m1/s1. The Kier molecular flexibility index (Phi) is 11.0. The van der Waals surface area contributed by atoms with Gasteiger partial charge in [0.05, 0.1) is 10.6 Å². The Bertz CT molecular complexity index is 1660. The van der Waals surface area contributed by atoms with Crippen LogP contribution < -0.4 is 9.62 Å². The zero-order chi connectivity index (χ0) is 31.7. The van der Waals surface area contributed by atoms with Crippen LogP contribution in [0.15, 0.2) is 114 Å². The molecule has 0 radical (unpaired) electrons. The number of amides is 2. The van der Waals surface area contributed by atoms with Crippen LogP contribution in [0.4, 0.5) is 5.69 Å². The van der Waals surface area contributed by atoms with Gasteiger partial charge in [-0.2, -0.15) is 0 Å². The quantitative estimate of drug-likeness (QED) is 0.204. The van der Waals surface area contributed by atoms with Crippen LogP contribution in [0.1, 0.15) is 36.1 Å². The molecule has 7 nitrogen and oxygen atoms in total. The molecule has 1 N–H and O–H groups in total. The van der Waals surface area contributed by atoms with Gasteiger partial charge in [-0.1, -0.05) is 104 Å². The van der Waals surface area contributed by atoms with Crippen molar-refractivity contribution in [3.63, 3.8) is 0 Å². The first-order valence-corrected chi connectivity index (χ1v) is 16.3. The van der Waals surface area contributed by atoms with E-state index >= 15 is 0 Å². The van der Waals surface area contributed by atoms with Crippen LogP contribution in [0.25, 0.3) is 0 Å². The van der Waals surface area contributed by atoms with Gasteiger partial charge in [-0.15, -0.1) is 0 Å². The van der Waals surface area contributed by atoms with E-state index in [0.717, 1.165) is 26.6 Å². The van der Waals surface area contributed by atoms with Gasteiger partial charge in [0, 0.05) is 19.5 Å². The Labute approximate surface area is 261 Å². The third-order valence-electron chi connectivity index (χ3n) is 7.29. The molecule has 0 aromatic heterocycles. The maximum atomic E-state index is 14.5. The Morgan fingerprint density at radius 1 is 0.750 bits per heavy atom. The molecule has 0 saturated carbocycles. The molecule has 0 aliphatic carbocycles. The normalized spacial score (nSPS) is 12.0. The molecule has 8 heteroatoms. The molecule has 44 heavy (non-hydrogen) atoms. The Morgan fingerprint density at radius 2 is 1.34 bits per heavy atom. The number of anilines is 1. The van der Waals surface area contributed by atoms with Crippen molar-refractivity contribution in [3.05, 3.63) is 131 Å². The minimum atomic E-state index is -4.12. The topological polar surface area (TPSA) is 86.8 Å². The van der Waals surface area contributed by atoms with E-state index in [-0.39, 0.29) is 29.7 Å². The van der Waals surface area contributed by atoms with Crippen molar-refractivity contribution in [2.24, 2.45) is 5.92 Å². The lowest BCUT2D eigenvalue weighted by atomic mass is 10.0. The second-order valence-electron chi connectivity index (χ2n) is 11.5. The molecule has 1 atom stereocenters. The number of aryl methyl sites for hydroxylation is 2. The summed E-state index contributed by atoms with van der Waals surface area (Å²) in [7, 11) is -4.12. The van der Waals surface area contributed by atoms with Gasteiger partial charge in [-0.25, -0.2) is 8.42 Å². The monoisotopic (exact) mass is 611 g/mol. The van der Waals surface area contributed by atoms with Gasteiger partial charge in [0.25, 0.3) is 10.0 Å². The molecule has 0 bridgehead atoms. The van der Waals surface area contributed by atoms with Gasteiger partial charge in [-0.3, -0.25) is 13.9 Å². The molecular formula is C36H41N3O4S. The van der Waals surface area contributed by atoms with E-state index < -0.39 is 28.5 Å². The Hall–Kier alpha value is -4.43. The summed E-state index contributed by atoms with van der Waals surface area (Å²) in [5, 5.41) is 3.02. The van der Waals surface area contributed by atoms with Crippen LogP contribution in [0, 0.1) is 19.8 Å². The largest absolute Gasteiger partial charge is 0.354 e. The number of carbonyl (C=O) groups is 2. The van der Waals surface area contributed by atoms with Gasteiger partial charge in [-0.05, 0) is 60.7 Å². The highest BCUT2D eigenvalue weighted by Gasteiger charge is 2.34. The van der Waals surface area contributed by atoms with Crippen LogP contribution in [0.3, 0.4) is 0 Å². The van der Waals surface area contributed by atoms with E-state index in [4.69, 9.17) is 0 Å². The van der Waals surface area contributed by atoms with Crippen molar-refractivity contribution in [3.8, 4) is 0 Å². The highest BCUT2D eigenvalue weighted by atomic mass is 32.2. The van der Waals surface area contributed by atoms with Crippen molar-refractivity contribution >= 4 is 27.5 Å². The molecule has 4 aromatic rings. The first-order chi connectivity index (χ1) is 21.0. The minimum absolute atomic E-state index is 0.0788. The molecule has 4 aromatic carbocycles. The third kappa shape index (κ3) is 8.57. The number of hydrogen-bond donors (Lipinski definition) is 1. The molecule has 0 aliphatic rings. The number of nitrogens with zero attached hydrogens (tertiary/aromatic N) is 2. The first-order valence-electron chi connectivity index (χ1n) is 14.9. The van der Waals surface area contributed by atoms with Crippen molar-refractivity contribution in [1.82, 2.24) is 10.2 Å². The minimum Gasteiger partial charge on any atom is -0.354 e. The number of nitrogens with one attached hydrogen (secondary N) is 1. The summed E-state index contributed by atoms with van der Waals surface area (Å²) in [6, 6.07) is 31.6. The van der Waals surface area contributed by atoms with E-state index in [2.05, 4.69) is 5.32 Å². The number of benzene rings is 4. The fraction of sp³-hybridized carbons (Fsp3) is 0.278. The second kappa shape index (κ2) is 14.8. The van der Waals surface area contributed by atoms with Gasteiger partial charge >= 0.3 is 0 Å². The van der Waals surface area contributed by atoms with E-state index in [1.807, 2.05) is 88.4 Å². The predicted molar refractivity (Wildman–Crippen MR) is 176 cm³/mol. The van der Waals surface area contributed by atoms with E-state index in [1.165, 1.54) is 17.0 Å². The van der Waals surface area contributed by atoms with Crippen molar-refractivity contribution in [2.75, 3.05) is 17.4 Å². The molecule has 0 saturated heterocycles. The summed E-state index contributed by atoms with van der Waals surface area (Å²) in [6.07, 6.45) is 0.276. The maximum absolute atomic E-state index is 14.5. The fourth-order valence-electron chi connectivity index (χ4n) is 5.02. The number of rotatable bonds is 13. The Balaban J connectivity index is 1.79. The molecule has 0 spiro atoms. The summed E-state index contributed by atoms with van der Waals surface area (Å²) in [6.45, 7) is 7.98. The molecule has 0 aliphatic heterocycles. The molecule has 0 heterocycles. The summed E-state index contributed by atoms with van der Waals surface area (Å²) in [5.74, 6) is -0.546. The third-order valence-corrected chi connectivity index (χ3v) is 9.08. The lowest BCUT2D eigenvalue weighted by molar-refractivity contribution is -0.140. The molecule has 2 amide bonds. The van der Waals surface area contributed by atoms with Crippen molar-refractivity contribution in [1.29, 1.82) is 0 Å². The summed E-state index contributed by atoms with van der Waals surface area (Å²) in [4.78, 5) is 29.9. The Morgan fingerprint density at radius 3 is 1.95 bits per heavy atom. The van der Waals surface area contributed by atoms with E-state index in [0.29, 0.717) is 12.2 Å². The molecule has 0 unspecified atom stereocenters. The number of carbonyl (C=O) groups excluding carboxylic acids is 2. The highest BCUT2D eigenvalue weighted by molar-refractivity contribution is 7.92. The summed E-state index contributed by atoms with van der Waals surface area (Å²) < 4.78 is 29.3. The summed E-state index contributed by atoms with van der Waals surface area (Å²) >= 11 is 0. The predicted octanol–water partition coefficient (Wildman–Crippen LogP) is 5.91. The van der Waals surface area contributed by atoms with E-state index in [9.17, 15) is 18.0 Å². The zero-order valence-corrected chi connectivity index (χ0v) is 26.6. The van der Waals surface area contributed by atoms with Gasteiger partial charge < -0.3 is 10.2 Å². The molecule has 0 fully saturated rings. The average molecular weight is 612 g/mol. The first kappa shape index (κ1) is 32.5. The lowest BCUT2D eigenvalue weighted by Crippen LogP contribution is -2.53. The summed E-state index contributed by atoms with van der Waals surface area (Å²) in [5.41, 5.74) is 4.00. The molecule has 4 rings (SSSR count). The highest BCUT2D eigenvalue weighted by Crippen LogP contribution is 2.26. The van der Waals surface area contributed by atoms with Gasteiger partial charge in [0.1, 0.15) is 12.6 Å². The van der Waals surface area contributed by atoms with Crippen LogP contribution in [-0.4, -0.2) is 44.3 Å². The van der Waals surface area contributed by atoms with Crippen molar-refractivity contribution in [2.45, 2.75) is 51.6 Å². The SMILES string of the molecule is Cc1cccc(CN(C(=O)CN(c2cccc(C)c2)S(=O)(=O)c2ccccc2)[C@H](Cc2ccccc2)C(=O)NCC(C)C)c1. The van der Waals surface area contributed by atoms with Crippen LogP contribution in [0.5, 0.6) is 0 Å². The number of sulfonamides is 1. The van der Waals surface area contributed by atoms with Crippen LogP contribution in [0.2, 0.25) is 0 Å². The van der Waals surface area contributed by atoms with Crippen LogP contribution >= 0.6 is 0 Å². The van der Waals surface area contributed by atoms with Gasteiger partial charge in [0.15, 0.2) is 0 Å².